The maximum absolute atomic E-state index is 12.9. The number of carbonyl (C=O) groups is 3. The van der Waals surface area contributed by atoms with E-state index in [1.54, 1.807) is 24.3 Å². The van der Waals surface area contributed by atoms with E-state index in [2.05, 4.69) is 12.2 Å². The molecule has 0 saturated carbocycles. The predicted molar refractivity (Wildman–Crippen MR) is 110 cm³/mol. The van der Waals surface area contributed by atoms with Crippen LogP contribution < -0.4 is 5.32 Å². The first-order chi connectivity index (χ1) is 14.2. The number of amides is 4. The third-order valence-corrected chi connectivity index (χ3v) is 8.19. The smallest absolute Gasteiger partial charge is 0.325 e. The van der Waals surface area contributed by atoms with Gasteiger partial charge < -0.3 is 10.2 Å². The van der Waals surface area contributed by atoms with Crippen molar-refractivity contribution in [2.24, 2.45) is 5.92 Å². The molecule has 3 heterocycles. The molecule has 9 heteroatoms. The second-order valence-corrected chi connectivity index (χ2v) is 11.0. The van der Waals surface area contributed by atoms with Gasteiger partial charge in [0.05, 0.1) is 18.1 Å². The van der Waals surface area contributed by atoms with Crippen molar-refractivity contribution in [2.45, 2.75) is 44.7 Å². The fraction of sp³-hybridized carbons (Fsp3) is 0.571. The average molecular weight is 434 g/mol. The Hall–Kier alpha value is -2.42. The van der Waals surface area contributed by atoms with Gasteiger partial charge in [0.15, 0.2) is 9.84 Å². The number of hydrogen-bond donors (Lipinski definition) is 1. The fourth-order valence-electron chi connectivity index (χ4n) is 4.37. The Balaban J connectivity index is 1.41. The van der Waals surface area contributed by atoms with Crippen LogP contribution in [0.1, 0.15) is 48.5 Å². The van der Waals surface area contributed by atoms with Gasteiger partial charge in [-0.3, -0.25) is 14.5 Å². The molecule has 162 valence electrons. The molecule has 0 bridgehead atoms. The van der Waals surface area contributed by atoms with E-state index >= 15 is 0 Å². The maximum Gasteiger partial charge on any atom is 0.325 e. The first kappa shape index (κ1) is 20.8. The quantitative estimate of drug-likeness (QED) is 0.729. The predicted octanol–water partition coefficient (Wildman–Crippen LogP) is 1.56. The highest BCUT2D eigenvalue weighted by molar-refractivity contribution is 7.91. The molecule has 1 N–H and O–H groups in total. The lowest BCUT2D eigenvalue weighted by atomic mass is 9.92. The molecule has 3 fully saturated rings. The van der Waals surface area contributed by atoms with E-state index < -0.39 is 21.4 Å². The molecule has 1 spiro atoms. The minimum absolute atomic E-state index is 0.00538. The molecule has 30 heavy (non-hydrogen) atoms. The van der Waals surface area contributed by atoms with Crippen LogP contribution in [0.5, 0.6) is 0 Å². The summed E-state index contributed by atoms with van der Waals surface area (Å²) < 4.78 is 23.4. The molecule has 3 aliphatic rings. The van der Waals surface area contributed by atoms with Crippen molar-refractivity contribution in [3.63, 3.8) is 0 Å². The molecule has 8 nitrogen and oxygen atoms in total. The maximum atomic E-state index is 12.9. The Morgan fingerprint density at radius 1 is 1.10 bits per heavy atom. The molecule has 4 amide bonds. The number of likely N-dealkylation sites (tertiary alicyclic amines) is 1. The first-order valence-corrected chi connectivity index (χ1v) is 12.2. The summed E-state index contributed by atoms with van der Waals surface area (Å²) >= 11 is 0. The normalized spacial score (nSPS) is 23.6. The number of imide groups is 1. The minimum atomic E-state index is -3.15. The van der Waals surface area contributed by atoms with E-state index in [-0.39, 0.29) is 42.7 Å². The van der Waals surface area contributed by atoms with E-state index in [4.69, 9.17) is 0 Å². The van der Waals surface area contributed by atoms with Crippen LogP contribution in [0.3, 0.4) is 0 Å². The number of nitrogens with one attached hydrogen (secondary N) is 1. The monoisotopic (exact) mass is 433 g/mol. The van der Waals surface area contributed by atoms with Gasteiger partial charge in [-0.1, -0.05) is 19.1 Å². The molecule has 1 aromatic rings. The van der Waals surface area contributed by atoms with Crippen LogP contribution in [0.2, 0.25) is 0 Å². The summed E-state index contributed by atoms with van der Waals surface area (Å²) in [6, 6.07) is 6.49. The molecule has 0 aromatic heterocycles. The van der Waals surface area contributed by atoms with Gasteiger partial charge in [-0.05, 0) is 49.3 Å². The SMILES string of the molecule is CC1CCN(C(=O)c2ccc(CN3C(=O)NC4(CCS(=O)(=O)CC4)C3=O)cc2)CC1. The van der Waals surface area contributed by atoms with Gasteiger partial charge in [0, 0.05) is 18.7 Å². The number of benzene rings is 1. The second-order valence-electron chi connectivity index (χ2n) is 8.73. The van der Waals surface area contributed by atoms with Gasteiger partial charge in [0.2, 0.25) is 0 Å². The minimum Gasteiger partial charge on any atom is -0.339 e. The fourth-order valence-corrected chi connectivity index (χ4v) is 5.90. The van der Waals surface area contributed by atoms with Gasteiger partial charge >= 0.3 is 6.03 Å². The molecular formula is C21H27N3O5S. The topological polar surface area (TPSA) is 104 Å². The van der Waals surface area contributed by atoms with Crippen molar-refractivity contribution >= 4 is 27.7 Å². The number of sulfone groups is 1. The van der Waals surface area contributed by atoms with Crippen LogP contribution in [-0.4, -0.2) is 66.2 Å². The summed E-state index contributed by atoms with van der Waals surface area (Å²) in [4.78, 5) is 41.0. The zero-order valence-corrected chi connectivity index (χ0v) is 17.9. The molecule has 0 radical (unpaired) electrons. The number of piperidine rings is 1. The Kier molecular flexibility index (Phi) is 5.34. The number of rotatable bonds is 3. The van der Waals surface area contributed by atoms with Crippen LogP contribution in [0.25, 0.3) is 0 Å². The van der Waals surface area contributed by atoms with Crippen molar-refractivity contribution in [2.75, 3.05) is 24.6 Å². The molecule has 3 saturated heterocycles. The largest absolute Gasteiger partial charge is 0.339 e. The Morgan fingerprint density at radius 2 is 1.70 bits per heavy atom. The third kappa shape index (κ3) is 3.95. The second kappa shape index (κ2) is 7.68. The van der Waals surface area contributed by atoms with Crippen LogP contribution in [0.15, 0.2) is 24.3 Å². The molecule has 3 aliphatic heterocycles. The molecule has 4 rings (SSSR count). The van der Waals surface area contributed by atoms with Crippen molar-refractivity contribution in [1.29, 1.82) is 0 Å². The number of hydrogen-bond acceptors (Lipinski definition) is 5. The zero-order valence-electron chi connectivity index (χ0n) is 17.1. The first-order valence-electron chi connectivity index (χ1n) is 10.4. The van der Waals surface area contributed by atoms with E-state index in [0.29, 0.717) is 11.5 Å². The summed E-state index contributed by atoms with van der Waals surface area (Å²) in [6.07, 6.45) is 2.24. The van der Waals surface area contributed by atoms with Crippen molar-refractivity contribution in [3.05, 3.63) is 35.4 Å². The number of nitrogens with zero attached hydrogens (tertiary/aromatic N) is 2. The highest BCUT2D eigenvalue weighted by Gasteiger charge is 2.53. The lowest BCUT2D eigenvalue weighted by Crippen LogP contribution is -2.52. The number of carbonyl (C=O) groups excluding carboxylic acids is 3. The summed E-state index contributed by atoms with van der Waals surface area (Å²) in [5.74, 6) is 0.0849. The van der Waals surface area contributed by atoms with Crippen LogP contribution in [0, 0.1) is 5.92 Å². The van der Waals surface area contributed by atoms with E-state index in [0.717, 1.165) is 36.4 Å². The summed E-state index contributed by atoms with van der Waals surface area (Å²) in [5, 5.41) is 2.72. The highest BCUT2D eigenvalue weighted by Crippen LogP contribution is 2.31. The average Bonchev–Trinajstić information content (AvgIpc) is 2.95. The lowest BCUT2D eigenvalue weighted by Gasteiger charge is -2.30. The third-order valence-electron chi connectivity index (χ3n) is 6.54. The standard InChI is InChI=1S/C21H27N3O5S/c1-15-6-10-23(11-7-15)18(25)17-4-2-16(3-5-17)14-24-19(26)21(22-20(24)27)8-12-30(28,29)13-9-21/h2-5,15H,6-14H2,1H3,(H,22,27). The molecule has 0 aliphatic carbocycles. The van der Waals surface area contributed by atoms with Gasteiger partial charge in [-0.15, -0.1) is 0 Å². The molecule has 0 atom stereocenters. The molecule has 0 unspecified atom stereocenters. The zero-order chi connectivity index (χ0) is 21.5. The molecule has 1 aromatic carbocycles. The Labute approximate surface area is 176 Å². The number of urea groups is 1. The summed E-state index contributed by atoms with van der Waals surface area (Å²) in [5.41, 5.74) is 0.228. The van der Waals surface area contributed by atoms with Gasteiger partial charge in [-0.25, -0.2) is 13.2 Å². The van der Waals surface area contributed by atoms with E-state index in [1.807, 2.05) is 4.90 Å². The van der Waals surface area contributed by atoms with Gasteiger partial charge in [0.1, 0.15) is 5.54 Å². The summed E-state index contributed by atoms with van der Waals surface area (Å²) in [6.45, 7) is 3.82. The Morgan fingerprint density at radius 3 is 2.30 bits per heavy atom. The van der Waals surface area contributed by atoms with Crippen LogP contribution >= 0.6 is 0 Å². The van der Waals surface area contributed by atoms with E-state index in [9.17, 15) is 22.8 Å². The van der Waals surface area contributed by atoms with Crippen LogP contribution in [0.4, 0.5) is 4.79 Å². The van der Waals surface area contributed by atoms with Crippen molar-refractivity contribution in [3.8, 4) is 0 Å². The highest BCUT2D eigenvalue weighted by atomic mass is 32.2. The van der Waals surface area contributed by atoms with Gasteiger partial charge in [-0.2, -0.15) is 0 Å². The van der Waals surface area contributed by atoms with Crippen molar-refractivity contribution in [1.82, 2.24) is 15.1 Å². The van der Waals surface area contributed by atoms with Gasteiger partial charge in [0.25, 0.3) is 11.8 Å². The van der Waals surface area contributed by atoms with Crippen LogP contribution in [-0.2, 0) is 21.2 Å². The lowest BCUT2D eigenvalue weighted by molar-refractivity contribution is -0.132. The Bertz CT molecular complexity index is 951. The van der Waals surface area contributed by atoms with E-state index in [1.165, 1.54) is 0 Å². The van der Waals surface area contributed by atoms with Crippen molar-refractivity contribution < 1.29 is 22.8 Å². The molecular weight excluding hydrogens is 406 g/mol. The summed E-state index contributed by atoms with van der Waals surface area (Å²) in [7, 11) is -3.15.